The van der Waals surface area contributed by atoms with Gasteiger partial charge in [0.25, 0.3) is 0 Å². The smallest absolute Gasteiger partial charge is 0.0000473 e. The van der Waals surface area contributed by atoms with Crippen LogP contribution in [-0.2, 0) is 12.8 Å². The summed E-state index contributed by atoms with van der Waals surface area (Å²) < 4.78 is 0. The highest BCUT2D eigenvalue weighted by Gasteiger charge is 2.31. The van der Waals surface area contributed by atoms with Crippen LogP contribution in [0.25, 0.3) is 129 Å². The second kappa shape index (κ2) is 10.6. The Morgan fingerprint density at radius 1 is 0.259 bits per heavy atom. The molecule has 0 atom stereocenters. The monoisotopic (exact) mass is 690 g/mol. The largest absolute Gasteiger partial charge is 0.0654 e. The Morgan fingerprint density at radius 3 is 0.759 bits per heavy atom. The number of hydrogen-bond donors (Lipinski definition) is 0. The molecule has 0 nitrogen and oxygen atoms in total. The van der Waals surface area contributed by atoms with Crippen molar-refractivity contribution in [2.75, 3.05) is 0 Å². The van der Waals surface area contributed by atoms with Crippen molar-refractivity contribution in [3.63, 3.8) is 0 Å². The Morgan fingerprint density at radius 2 is 0.500 bits per heavy atom. The number of aryl methyl sites for hydroxylation is 2. The molecule has 0 saturated heterocycles. The molecule has 0 spiro atoms. The standard InChI is InChI=1S/C54H42/c1-3-5-7-9-15-29-25-39-35-21-11-17-31-33-19-13-23-37-41-27-30(16-10-8-6-4-2)28-42-38-24-14-20-34-32-18-12-22-36-40(26-29)47(39)53-49(43(31)35)51(45(33)37)54(48(41)42)52(46(34)38)50(53)44(32)36/h11-14,17-28H,3-10,15-16H2,1-2H3. The fraction of sp³-hybridized carbons (Fsp3) is 0.222. The summed E-state index contributed by atoms with van der Waals surface area (Å²) in [5.41, 5.74) is 2.98. The number of rotatable bonds is 10. The van der Waals surface area contributed by atoms with E-state index in [4.69, 9.17) is 0 Å². The first-order chi connectivity index (χ1) is 26.8. The van der Waals surface area contributed by atoms with Crippen LogP contribution in [0.2, 0.25) is 0 Å². The van der Waals surface area contributed by atoms with E-state index in [1.807, 2.05) is 0 Å². The molecule has 0 amide bonds. The van der Waals surface area contributed by atoms with Gasteiger partial charge in [0.05, 0.1) is 0 Å². The summed E-state index contributed by atoms with van der Waals surface area (Å²) in [5.74, 6) is 0. The van der Waals surface area contributed by atoms with E-state index in [1.54, 1.807) is 0 Å². The minimum Gasteiger partial charge on any atom is -0.0654 e. The van der Waals surface area contributed by atoms with Crippen LogP contribution in [0.3, 0.4) is 0 Å². The van der Waals surface area contributed by atoms with Crippen molar-refractivity contribution < 1.29 is 0 Å². The van der Waals surface area contributed by atoms with Crippen LogP contribution in [-0.4, -0.2) is 0 Å². The molecule has 0 radical (unpaired) electrons. The molecule has 0 heterocycles. The number of fused-ring (bicyclic) bond motifs is 6. The zero-order valence-electron chi connectivity index (χ0n) is 31.3. The van der Waals surface area contributed by atoms with Gasteiger partial charge >= 0.3 is 0 Å². The van der Waals surface area contributed by atoms with Crippen molar-refractivity contribution in [2.24, 2.45) is 0 Å². The van der Waals surface area contributed by atoms with E-state index in [9.17, 15) is 0 Å². The predicted octanol–water partition coefficient (Wildman–Crippen LogP) is 16.4. The van der Waals surface area contributed by atoms with Gasteiger partial charge in [-0.3, -0.25) is 0 Å². The minimum atomic E-state index is 1.14. The first-order valence-corrected chi connectivity index (χ1v) is 20.9. The molecular weight excluding hydrogens is 649 g/mol. The molecule has 54 heavy (non-hydrogen) atoms. The fourth-order valence-corrected chi connectivity index (χ4v) is 11.9. The third-order valence-corrected chi connectivity index (χ3v) is 14.0. The van der Waals surface area contributed by atoms with Crippen molar-refractivity contribution in [2.45, 2.75) is 78.1 Å². The van der Waals surface area contributed by atoms with Gasteiger partial charge in [0.1, 0.15) is 0 Å². The van der Waals surface area contributed by atoms with Gasteiger partial charge < -0.3 is 0 Å². The number of unbranched alkanes of at least 4 members (excludes halogenated alkanes) is 6. The normalized spacial score (nSPS) is 13.4. The molecule has 0 aliphatic carbocycles. The van der Waals surface area contributed by atoms with Crippen LogP contribution in [0.4, 0.5) is 0 Å². The van der Waals surface area contributed by atoms with E-state index < -0.39 is 0 Å². The molecule has 0 aliphatic rings. The summed E-state index contributed by atoms with van der Waals surface area (Å²) in [6.07, 6.45) is 12.5. The van der Waals surface area contributed by atoms with Crippen LogP contribution < -0.4 is 0 Å². The van der Waals surface area contributed by atoms with Gasteiger partial charge in [-0.05, 0) is 166 Å². The molecule has 0 saturated carbocycles. The van der Waals surface area contributed by atoms with Crippen LogP contribution in [0.15, 0.2) is 97.1 Å². The molecule has 13 rings (SSSR count). The summed E-state index contributed by atoms with van der Waals surface area (Å²) in [6, 6.07) is 39.2. The average Bonchev–Trinajstić information content (AvgIpc) is 3.21. The van der Waals surface area contributed by atoms with Crippen LogP contribution in [0.5, 0.6) is 0 Å². The summed E-state index contributed by atoms with van der Waals surface area (Å²) in [6.45, 7) is 4.63. The van der Waals surface area contributed by atoms with E-state index in [1.165, 1.54) is 192 Å². The maximum atomic E-state index is 2.60. The maximum absolute atomic E-state index is 2.60. The highest BCUT2D eigenvalue weighted by molar-refractivity contribution is 6.61. The number of hydrogen-bond acceptors (Lipinski definition) is 0. The molecular formula is C54H42. The molecule has 0 bridgehead atoms. The SMILES string of the molecule is CCCCCCc1cc2c3cccc4c5cccc6c7cc(CCCCCC)cc8c9cccc%10c%11cccc%12c(c1)c2c1c(c43)c(c56)c(c78)c(c%109)c1c%11%12. The Balaban J connectivity index is 1.34. The molecule has 13 aromatic carbocycles. The van der Waals surface area contributed by atoms with E-state index in [-0.39, 0.29) is 0 Å². The van der Waals surface area contributed by atoms with Crippen molar-refractivity contribution in [3.8, 4) is 0 Å². The van der Waals surface area contributed by atoms with Gasteiger partial charge in [-0.1, -0.05) is 149 Å². The fourth-order valence-electron chi connectivity index (χ4n) is 11.9. The Labute approximate surface area is 314 Å². The van der Waals surface area contributed by atoms with E-state index >= 15 is 0 Å². The first kappa shape index (κ1) is 29.9. The lowest BCUT2D eigenvalue weighted by atomic mass is 9.73. The summed E-state index contributed by atoms with van der Waals surface area (Å²) >= 11 is 0. The minimum absolute atomic E-state index is 1.14. The average molecular weight is 691 g/mol. The van der Waals surface area contributed by atoms with Gasteiger partial charge in [0.15, 0.2) is 0 Å². The lowest BCUT2D eigenvalue weighted by Crippen LogP contribution is -2.01. The topological polar surface area (TPSA) is 0 Å². The zero-order chi connectivity index (χ0) is 35.4. The van der Waals surface area contributed by atoms with Gasteiger partial charge in [-0.15, -0.1) is 0 Å². The van der Waals surface area contributed by atoms with Gasteiger partial charge in [0.2, 0.25) is 0 Å². The molecule has 0 aliphatic heterocycles. The van der Waals surface area contributed by atoms with Crippen molar-refractivity contribution >= 4 is 129 Å². The molecule has 0 aromatic heterocycles. The zero-order valence-corrected chi connectivity index (χ0v) is 31.3. The van der Waals surface area contributed by atoms with E-state index in [2.05, 4.69) is 111 Å². The van der Waals surface area contributed by atoms with Crippen molar-refractivity contribution in [3.05, 3.63) is 108 Å². The second-order valence-electron chi connectivity index (χ2n) is 16.9. The van der Waals surface area contributed by atoms with Gasteiger partial charge in [-0.25, -0.2) is 0 Å². The maximum Gasteiger partial charge on any atom is -0.0000473 e. The van der Waals surface area contributed by atoms with Crippen molar-refractivity contribution in [1.82, 2.24) is 0 Å². The second-order valence-corrected chi connectivity index (χ2v) is 16.9. The first-order valence-electron chi connectivity index (χ1n) is 20.9. The lowest BCUT2D eigenvalue weighted by molar-refractivity contribution is 0.667. The lowest BCUT2D eigenvalue weighted by Gasteiger charge is -2.29. The number of benzene rings is 13. The quantitative estimate of drug-likeness (QED) is 0.0761. The van der Waals surface area contributed by atoms with Gasteiger partial charge in [0, 0.05) is 0 Å². The van der Waals surface area contributed by atoms with E-state index in [0.29, 0.717) is 0 Å². The third kappa shape index (κ3) is 3.48. The molecule has 0 fully saturated rings. The Kier molecular flexibility index (Phi) is 5.88. The predicted molar refractivity (Wildman–Crippen MR) is 239 cm³/mol. The van der Waals surface area contributed by atoms with Gasteiger partial charge in [-0.2, -0.15) is 0 Å². The molecule has 0 unspecified atom stereocenters. The van der Waals surface area contributed by atoms with E-state index in [0.717, 1.165) is 12.8 Å². The molecule has 13 aromatic rings. The van der Waals surface area contributed by atoms with Crippen LogP contribution in [0.1, 0.15) is 76.3 Å². The highest BCUT2D eigenvalue weighted by Crippen LogP contribution is 2.60. The summed E-state index contributed by atoms with van der Waals surface area (Å²) in [7, 11) is 0. The Bertz CT molecular complexity index is 3110. The summed E-state index contributed by atoms with van der Waals surface area (Å²) in [5, 5.41) is 35.0. The van der Waals surface area contributed by atoms with Crippen molar-refractivity contribution in [1.29, 1.82) is 0 Å². The highest BCUT2D eigenvalue weighted by atomic mass is 14.3. The summed E-state index contributed by atoms with van der Waals surface area (Å²) in [4.78, 5) is 0. The molecule has 0 heteroatoms. The Hall–Kier alpha value is -5.46. The molecule has 258 valence electrons. The molecule has 0 N–H and O–H groups in total. The third-order valence-electron chi connectivity index (χ3n) is 14.0. The van der Waals surface area contributed by atoms with Crippen LogP contribution in [0, 0.1) is 0 Å². The van der Waals surface area contributed by atoms with Crippen LogP contribution >= 0.6 is 0 Å².